The molecule has 34 heavy (non-hydrogen) atoms. The van der Waals surface area contributed by atoms with Gasteiger partial charge in [-0.15, -0.1) is 0 Å². The number of benzene rings is 2. The Bertz CT molecular complexity index is 1090. The van der Waals surface area contributed by atoms with Gasteiger partial charge in [-0.05, 0) is 47.6 Å². The van der Waals surface area contributed by atoms with Crippen LogP contribution >= 0.6 is 0 Å². The van der Waals surface area contributed by atoms with Crippen molar-refractivity contribution in [3.63, 3.8) is 0 Å². The number of rotatable bonds is 9. The van der Waals surface area contributed by atoms with Gasteiger partial charge in [-0.25, -0.2) is 13.1 Å². The van der Waals surface area contributed by atoms with Gasteiger partial charge in [-0.2, -0.15) is 0 Å². The summed E-state index contributed by atoms with van der Waals surface area (Å²) in [5.41, 5.74) is -1.51. The van der Waals surface area contributed by atoms with Gasteiger partial charge in [0.25, 0.3) is 0 Å². The summed E-state index contributed by atoms with van der Waals surface area (Å²) in [6, 6.07) is 17.7. The second-order valence-corrected chi connectivity index (χ2v) is 13.0. The highest BCUT2D eigenvalue weighted by Crippen LogP contribution is 2.64. The van der Waals surface area contributed by atoms with Crippen molar-refractivity contribution in [1.29, 1.82) is 0 Å². The Labute approximate surface area is 204 Å². The van der Waals surface area contributed by atoms with E-state index in [1.165, 1.54) is 0 Å². The van der Waals surface area contributed by atoms with Crippen LogP contribution in [0.25, 0.3) is 0 Å². The van der Waals surface area contributed by atoms with E-state index in [1.807, 2.05) is 88.4 Å². The van der Waals surface area contributed by atoms with Crippen LogP contribution in [0.2, 0.25) is 0 Å². The maximum absolute atomic E-state index is 13.7. The van der Waals surface area contributed by atoms with Gasteiger partial charge < -0.3 is 5.11 Å². The molecule has 3 atom stereocenters. The van der Waals surface area contributed by atoms with Crippen molar-refractivity contribution in [1.82, 2.24) is 4.72 Å². The summed E-state index contributed by atoms with van der Waals surface area (Å²) in [5, 5.41) is 12.3. The molecule has 5 nitrogen and oxygen atoms in total. The fraction of sp³-hybridized carbons (Fsp3) is 0.536. The number of nitrogens with one attached hydrogen (secondary N) is 1. The van der Waals surface area contributed by atoms with E-state index in [1.54, 1.807) is 0 Å². The molecule has 2 saturated carbocycles. The van der Waals surface area contributed by atoms with Crippen LogP contribution < -0.4 is 4.72 Å². The van der Waals surface area contributed by atoms with Gasteiger partial charge in [-0.3, -0.25) is 4.79 Å². The second kappa shape index (κ2) is 8.89. The Kier molecular flexibility index (Phi) is 6.56. The molecule has 0 aromatic heterocycles. The third-order valence-electron chi connectivity index (χ3n) is 8.54. The molecular formula is C28H37NO4S. The first-order valence-corrected chi connectivity index (χ1v) is 13.9. The summed E-state index contributed by atoms with van der Waals surface area (Å²) in [4.78, 5) is 13.0. The van der Waals surface area contributed by atoms with Crippen molar-refractivity contribution >= 4 is 15.8 Å². The van der Waals surface area contributed by atoms with Crippen molar-refractivity contribution in [3.05, 3.63) is 71.8 Å². The molecule has 0 heterocycles. The van der Waals surface area contributed by atoms with Gasteiger partial charge >= 0.3 is 0 Å². The molecule has 0 amide bonds. The van der Waals surface area contributed by atoms with Crippen LogP contribution in [0.3, 0.4) is 0 Å². The third kappa shape index (κ3) is 4.14. The Morgan fingerprint density at radius 1 is 1.03 bits per heavy atom. The average molecular weight is 484 g/mol. The molecule has 0 radical (unpaired) electrons. The van der Waals surface area contributed by atoms with Crippen molar-refractivity contribution in [2.45, 2.75) is 65.0 Å². The highest BCUT2D eigenvalue weighted by Gasteiger charge is 2.65. The van der Waals surface area contributed by atoms with E-state index >= 15 is 0 Å². The molecule has 0 saturated heterocycles. The lowest BCUT2D eigenvalue weighted by molar-refractivity contribution is -0.128. The molecule has 2 aliphatic rings. The van der Waals surface area contributed by atoms with Crippen LogP contribution in [0.1, 0.15) is 64.5 Å². The van der Waals surface area contributed by atoms with E-state index in [0.29, 0.717) is 30.4 Å². The number of fused-ring (bicyclic) bond motifs is 2. The van der Waals surface area contributed by atoms with Crippen LogP contribution in [0.4, 0.5) is 0 Å². The minimum absolute atomic E-state index is 0.0703. The van der Waals surface area contributed by atoms with Crippen LogP contribution in [-0.4, -0.2) is 31.1 Å². The van der Waals surface area contributed by atoms with Crippen LogP contribution in [0.5, 0.6) is 0 Å². The van der Waals surface area contributed by atoms with E-state index in [0.717, 1.165) is 6.42 Å². The first kappa shape index (κ1) is 25.1. The van der Waals surface area contributed by atoms with Crippen LogP contribution in [0, 0.1) is 22.7 Å². The van der Waals surface area contributed by atoms with Crippen molar-refractivity contribution < 1.29 is 18.3 Å². The molecule has 2 bridgehead atoms. The Morgan fingerprint density at radius 3 is 1.97 bits per heavy atom. The molecule has 2 aliphatic carbocycles. The third-order valence-corrected chi connectivity index (χ3v) is 10.1. The monoisotopic (exact) mass is 483 g/mol. The minimum Gasteiger partial charge on any atom is -0.379 e. The van der Waals surface area contributed by atoms with E-state index in [-0.39, 0.29) is 28.8 Å². The lowest BCUT2D eigenvalue weighted by Gasteiger charge is -2.40. The molecular weight excluding hydrogens is 446 g/mol. The van der Waals surface area contributed by atoms with Gasteiger partial charge in [0.15, 0.2) is 0 Å². The molecule has 2 N–H and O–H groups in total. The van der Waals surface area contributed by atoms with Gasteiger partial charge in [0.05, 0.1) is 11.8 Å². The summed E-state index contributed by atoms with van der Waals surface area (Å²) in [6.45, 7) is 8.12. The number of aliphatic hydroxyl groups is 1. The second-order valence-electron chi connectivity index (χ2n) is 11.2. The largest absolute Gasteiger partial charge is 0.379 e. The average Bonchev–Trinajstić information content (AvgIpc) is 3.13. The highest BCUT2D eigenvalue weighted by molar-refractivity contribution is 7.89. The molecule has 2 aromatic carbocycles. The van der Waals surface area contributed by atoms with E-state index in [4.69, 9.17) is 0 Å². The molecule has 2 fully saturated rings. The molecule has 184 valence electrons. The first-order valence-electron chi connectivity index (χ1n) is 12.3. The van der Waals surface area contributed by atoms with Gasteiger partial charge in [0.2, 0.25) is 10.0 Å². The standard InChI is InChI=1S/C28H37NO4S/c1-20(2)17-24(28(31,21-11-7-5-8-12-21)22-13-9-6-10-14-22)29-34(32,33)19-27-16-15-23(18-25(27)30)26(27,3)4/h5-14,20,23-24,29,31H,15-19H2,1-4H3/t23-,24+,27-/m1/s1. The predicted molar refractivity (Wildman–Crippen MR) is 135 cm³/mol. The molecule has 0 spiro atoms. The fourth-order valence-corrected chi connectivity index (χ4v) is 8.53. The topological polar surface area (TPSA) is 83.5 Å². The van der Waals surface area contributed by atoms with Crippen LogP contribution in [-0.2, 0) is 20.4 Å². The summed E-state index contributed by atoms with van der Waals surface area (Å²) < 4.78 is 30.4. The van der Waals surface area contributed by atoms with Crippen LogP contribution in [0.15, 0.2) is 60.7 Å². The Morgan fingerprint density at radius 2 is 1.56 bits per heavy atom. The van der Waals surface area contributed by atoms with E-state index in [9.17, 15) is 18.3 Å². The van der Waals surface area contributed by atoms with Crippen molar-refractivity contribution in [2.75, 3.05) is 5.75 Å². The molecule has 0 unspecified atom stereocenters. The summed E-state index contributed by atoms with van der Waals surface area (Å²) >= 11 is 0. The number of ketones is 1. The molecule has 4 rings (SSSR count). The zero-order valence-electron chi connectivity index (χ0n) is 20.6. The number of hydrogen-bond acceptors (Lipinski definition) is 4. The Balaban J connectivity index is 1.74. The SMILES string of the molecule is CC(C)C[C@H](NS(=O)(=O)C[C@]12CC[C@H](CC1=O)C2(C)C)C(O)(c1ccccc1)c1ccccc1. The molecule has 2 aromatic rings. The van der Waals surface area contributed by atoms with E-state index < -0.39 is 27.1 Å². The number of Topliss-reactive ketones (excluding diaryl/α,β-unsaturated/α-hetero) is 1. The molecule has 6 heteroatoms. The lowest BCUT2D eigenvalue weighted by Crippen LogP contribution is -2.54. The normalized spacial score (nSPS) is 25.1. The number of hydrogen-bond donors (Lipinski definition) is 2. The number of carbonyl (C=O) groups excluding carboxylic acids is 1. The zero-order chi connectivity index (χ0) is 24.8. The van der Waals surface area contributed by atoms with Crippen molar-refractivity contribution in [2.24, 2.45) is 22.7 Å². The van der Waals surface area contributed by atoms with Gasteiger partial charge in [0.1, 0.15) is 11.4 Å². The Hall–Kier alpha value is -2.02. The van der Waals surface area contributed by atoms with Gasteiger partial charge in [0, 0.05) is 11.8 Å². The number of carbonyl (C=O) groups is 1. The van der Waals surface area contributed by atoms with Crippen molar-refractivity contribution in [3.8, 4) is 0 Å². The highest BCUT2D eigenvalue weighted by atomic mass is 32.2. The first-order chi connectivity index (χ1) is 15.9. The summed E-state index contributed by atoms with van der Waals surface area (Å²) in [5.74, 6) is 0.217. The molecule has 0 aliphatic heterocycles. The summed E-state index contributed by atoms with van der Waals surface area (Å²) in [6.07, 6.45) is 2.41. The summed E-state index contributed by atoms with van der Waals surface area (Å²) in [7, 11) is -3.89. The smallest absolute Gasteiger partial charge is 0.212 e. The minimum atomic E-state index is -3.89. The lowest BCUT2D eigenvalue weighted by atomic mass is 9.70. The fourth-order valence-electron chi connectivity index (χ4n) is 6.42. The maximum atomic E-state index is 13.7. The van der Waals surface area contributed by atoms with Gasteiger partial charge in [-0.1, -0.05) is 88.4 Å². The zero-order valence-corrected chi connectivity index (χ0v) is 21.4. The quantitative estimate of drug-likeness (QED) is 0.544. The van der Waals surface area contributed by atoms with E-state index in [2.05, 4.69) is 4.72 Å². The predicted octanol–water partition coefficient (Wildman–Crippen LogP) is 4.65. The number of sulfonamides is 1. The maximum Gasteiger partial charge on any atom is 0.212 e.